The molecule has 0 aliphatic carbocycles. The van der Waals surface area contributed by atoms with E-state index < -0.39 is 15.3 Å². The van der Waals surface area contributed by atoms with Gasteiger partial charge >= 0.3 is 39.7 Å². The van der Waals surface area contributed by atoms with Crippen molar-refractivity contribution in [3.8, 4) is 0 Å². The fourth-order valence-corrected chi connectivity index (χ4v) is 1.77. The number of unbranched alkanes of at least 4 members (excludes halogenated alkanes) is 1. The Morgan fingerprint density at radius 1 is 1.58 bits per heavy atom. The van der Waals surface area contributed by atoms with Gasteiger partial charge in [-0.2, -0.15) is 8.42 Å². The first-order valence-corrected chi connectivity index (χ1v) is 5.18. The van der Waals surface area contributed by atoms with Crippen LogP contribution in [0.25, 0.3) is 0 Å². The summed E-state index contributed by atoms with van der Waals surface area (Å²) >= 11 is 4.27. The molecule has 0 aromatic carbocycles. The van der Waals surface area contributed by atoms with Gasteiger partial charge in [0.15, 0.2) is 0 Å². The monoisotopic (exact) mass is 221 g/mol. The molecule has 68 valence electrons. The van der Waals surface area contributed by atoms with Gasteiger partial charge in [0.2, 0.25) is 0 Å². The molecule has 0 fully saturated rings. The van der Waals surface area contributed by atoms with E-state index in [9.17, 15) is 8.42 Å². The van der Waals surface area contributed by atoms with E-state index in [0.29, 0.717) is 6.42 Å². The zero-order chi connectivity index (χ0) is 8.91. The summed E-state index contributed by atoms with van der Waals surface area (Å²) in [5.74, 6) is -0.0269. The molecule has 7 heteroatoms. The molecule has 4 nitrogen and oxygen atoms in total. The van der Waals surface area contributed by atoms with Crippen LogP contribution in [0.15, 0.2) is 0 Å². The van der Waals surface area contributed by atoms with Gasteiger partial charge in [-0.25, -0.2) is 0 Å². The quantitative estimate of drug-likeness (QED) is 0.402. The standard InChI is InChI=1S/C5H11NO3S2.Na.H/c1-2-3-4-11(7,8)9-5(6)10;;/h2-4H2,1H3,(H2,6,10);;. The summed E-state index contributed by atoms with van der Waals surface area (Å²) in [6.07, 6.45) is 1.35. The topological polar surface area (TPSA) is 69.4 Å². The maximum atomic E-state index is 10.8. The second-order valence-corrected chi connectivity index (χ2v) is 4.11. The molecule has 0 rings (SSSR count). The summed E-state index contributed by atoms with van der Waals surface area (Å²) in [7, 11) is -3.51. The Bertz CT molecular complexity index is 227. The van der Waals surface area contributed by atoms with Crippen LogP contribution in [0.5, 0.6) is 0 Å². The number of rotatable bonds is 4. The molecular formula is C5H12NNaO3S2. The van der Waals surface area contributed by atoms with Crippen LogP contribution < -0.4 is 5.73 Å². The molecule has 0 spiro atoms. The molecule has 0 radical (unpaired) electrons. The minimum atomic E-state index is -3.51. The summed E-state index contributed by atoms with van der Waals surface area (Å²) in [6.45, 7) is 1.89. The van der Waals surface area contributed by atoms with Crippen molar-refractivity contribution in [1.29, 1.82) is 0 Å². The SMILES string of the molecule is CCCCS(=O)(=O)OC(N)=S.[NaH]. The number of thiocarbonyl (C=S) groups is 1. The van der Waals surface area contributed by atoms with Gasteiger partial charge in [0.25, 0.3) is 5.17 Å². The number of hydrogen-bond donors (Lipinski definition) is 1. The molecule has 0 aliphatic rings. The zero-order valence-corrected chi connectivity index (χ0v) is 7.87. The summed E-state index contributed by atoms with van der Waals surface area (Å²) in [6, 6.07) is 0. The van der Waals surface area contributed by atoms with E-state index in [0.717, 1.165) is 6.42 Å². The van der Waals surface area contributed by atoms with Crippen LogP contribution in [-0.4, -0.2) is 48.9 Å². The fraction of sp³-hybridized carbons (Fsp3) is 0.800. The van der Waals surface area contributed by atoms with Gasteiger partial charge in [-0.1, -0.05) is 13.3 Å². The third kappa shape index (κ3) is 8.73. The van der Waals surface area contributed by atoms with Crippen LogP contribution in [-0.2, 0) is 14.3 Å². The van der Waals surface area contributed by atoms with Crippen LogP contribution in [0.3, 0.4) is 0 Å². The molecule has 0 saturated carbocycles. The molecule has 2 N–H and O–H groups in total. The van der Waals surface area contributed by atoms with E-state index in [4.69, 9.17) is 5.73 Å². The Labute approximate surface area is 100 Å². The van der Waals surface area contributed by atoms with E-state index in [1.165, 1.54) is 0 Å². The van der Waals surface area contributed by atoms with Crippen molar-refractivity contribution < 1.29 is 12.6 Å². The molecule has 0 aromatic rings. The first-order valence-electron chi connectivity index (χ1n) is 3.19. The van der Waals surface area contributed by atoms with Crippen molar-refractivity contribution >= 4 is 57.1 Å². The van der Waals surface area contributed by atoms with Crippen LogP contribution in [0.4, 0.5) is 0 Å². The third-order valence-electron chi connectivity index (χ3n) is 0.957. The second-order valence-electron chi connectivity index (χ2n) is 2.02. The molecular weight excluding hydrogens is 209 g/mol. The Morgan fingerprint density at radius 2 is 2.08 bits per heavy atom. The maximum absolute atomic E-state index is 10.8. The van der Waals surface area contributed by atoms with Gasteiger partial charge in [0.05, 0.1) is 5.75 Å². The normalized spacial score (nSPS) is 10.1. The predicted octanol–water partition coefficient (Wildman–Crippen LogP) is -0.272. The molecule has 12 heavy (non-hydrogen) atoms. The van der Waals surface area contributed by atoms with Crippen molar-refractivity contribution in [2.75, 3.05) is 5.75 Å². The van der Waals surface area contributed by atoms with Crippen LogP contribution in [0, 0.1) is 0 Å². The Hall–Kier alpha value is 0.640. The van der Waals surface area contributed by atoms with Gasteiger partial charge in [-0.15, -0.1) is 0 Å². The second kappa shape index (κ2) is 7.08. The van der Waals surface area contributed by atoms with E-state index in [-0.39, 0.29) is 35.3 Å². The van der Waals surface area contributed by atoms with Gasteiger partial charge in [-0.3, -0.25) is 0 Å². The molecule has 0 bridgehead atoms. The molecule has 0 amide bonds. The third-order valence-corrected chi connectivity index (χ3v) is 2.37. The van der Waals surface area contributed by atoms with E-state index >= 15 is 0 Å². The minimum absolute atomic E-state index is 0. The van der Waals surface area contributed by atoms with Crippen molar-refractivity contribution in [1.82, 2.24) is 0 Å². The first-order chi connectivity index (χ1) is 4.98. The number of nitrogens with two attached hydrogens (primary N) is 1. The molecule has 0 aliphatic heterocycles. The van der Waals surface area contributed by atoms with Crippen molar-refractivity contribution in [2.24, 2.45) is 5.73 Å². The molecule has 0 saturated heterocycles. The van der Waals surface area contributed by atoms with E-state index in [1.54, 1.807) is 0 Å². The molecule has 0 aromatic heterocycles. The predicted molar refractivity (Wildman–Crippen MR) is 53.7 cm³/mol. The average Bonchev–Trinajstić information content (AvgIpc) is 1.81. The van der Waals surface area contributed by atoms with Crippen molar-refractivity contribution in [3.05, 3.63) is 0 Å². The van der Waals surface area contributed by atoms with Gasteiger partial charge in [0.1, 0.15) is 0 Å². The summed E-state index contributed by atoms with van der Waals surface area (Å²) in [5, 5.41) is -0.443. The Balaban J connectivity index is 0. The first kappa shape index (κ1) is 15.1. The zero-order valence-electron chi connectivity index (χ0n) is 6.24. The van der Waals surface area contributed by atoms with Gasteiger partial charge in [-0.05, 0) is 18.6 Å². The van der Waals surface area contributed by atoms with E-state index in [1.807, 2.05) is 6.92 Å². The molecule has 0 heterocycles. The van der Waals surface area contributed by atoms with Crippen LogP contribution in [0.1, 0.15) is 19.8 Å². The Kier molecular flexibility index (Phi) is 8.93. The van der Waals surface area contributed by atoms with Gasteiger partial charge in [0, 0.05) is 0 Å². The Morgan fingerprint density at radius 3 is 2.42 bits per heavy atom. The van der Waals surface area contributed by atoms with Crippen molar-refractivity contribution in [2.45, 2.75) is 19.8 Å². The summed E-state index contributed by atoms with van der Waals surface area (Å²) in [5.41, 5.74) is 4.88. The van der Waals surface area contributed by atoms with Gasteiger partial charge < -0.3 is 9.92 Å². The number of hydrogen-bond acceptors (Lipinski definition) is 4. The average molecular weight is 221 g/mol. The summed E-state index contributed by atoms with van der Waals surface area (Å²) < 4.78 is 25.8. The van der Waals surface area contributed by atoms with E-state index in [2.05, 4.69) is 16.4 Å². The molecule has 0 atom stereocenters. The summed E-state index contributed by atoms with van der Waals surface area (Å²) in [4.78, 5) is 0. The molecule has 0 unspecified atom stereocenters. The van der Waals surface area contributed by atoms with Crippen LogP contribution in [0.2, 0.25) is 0 Å². The fourth-order valence-electron chi connectivity index (χ4n) is 0.488. The van der Waals surface area contributed by atoms with Crippen molar-refractivity contribution in [3.63, 3.8) is 0 Å². The van der Waals surface area contributed by atoms with Crippen LogP contribution >= 0.6 is 12.2 Å².